The van der Waals surface area contributed by atoms with Crippen molar-refractivity contribution in [2.45, 2.75) is 6.35 Å². The lowest BCUT2D eigenvalue weighted by atomic mass is 9.82. The van der Waals surface area contributed by atoms with Crippen LogP contribution in [0.4, 0.5) is 0 Å². The van der Waals surface area contributed by atoms with Crippen molar-refractivity contribution in [2.75, 3.05) is 14.2 Å². The molecule has 4 rings (SSSR count). The van der Waals surface area contributed by atoms with Gasteiger partial charge in [-0.2, -0.15) is 0 Å². The van der Waals surface area contributed by atoms with Gasteiger partial charge in [0.1, 0.15) is 22.7 Å². The van der Waals surface area contributed by atoms with E-state index < -0.39 is 17.7 Å². The van der Waals surface area contributed by atoms with Gasteiger partial charge >= 0.3 is 0 Å². The summed E-state index contributed by atoms with van der Waals surface area (Å²) in [6.07, 6.45) is 2.22. The molecule has 8 heteroatoms. The highest BCUT2D eigenvalue weighted by Gasteiger charge is 2.45. The molecule has 30 heavy (non-hydrogen) atoms. The fourth-order valence-corrected chi connectivity index (χ4v) is 4.56. The minimum Gasteiger partial charge on any atom is -0.497 e. The molecule has 1 atom stereocenters. The summed E-state index contributed by atoms with van der Waals surface area (Å²) in [5, 5.41) is 12.2. The van der Waals surface area contributed by atoms with Crippen LogP contribution in [0.2, 0.25) is 0 Å². The number of ether oxygens (including phenoxy) is 2. The Morgan fingerprint density at radius 2 is 1.43 bits per heavy atom. The molecular weight excluding hydrogens is 402 g/mol. The molecule has 154 valence electrons. The molecule has 0 fully saturated rings. The molecule has 1 spiro atoms. The summed E-state index contributed by atoms with van der Waals surface area (Å²) < 4.78 is 10.5. The topological polar surface area (TPSA) is 106 Å². The Morgan fingerprint density at radius 3 is 1.83 bits per heavy atom. The first-order valence-corrected chi connectivity index (χ1v) is 10.0. The van der Waals surface area contributed by atoms with E-state index in [1.807, 2.05) is 48.5 Å². The Kier molecular flexibility index (Phi) is 5.27. The van der Waals surface area contributed by atoms with Crippen molar-refractivity contribution in [3.8, 4) is 11.5 Å². The molecule has 2 aromatic carbocycles. The monoisotopic (exact) mass is 423 g/mol. The molecule has 2 aliphatic rings. The Hall–Kier alpha value is -3.23. The zero-order valence-electron chi connectivity index (χ0n) is 16.5. The van der Waals surface area contributed by atoms with Gasteiger partial charge in [0, 0.05) is 9.81 Å². The normalized spacial score (nSPS) is 20.0. The molecule has 0 aliphatic carbocycles. The number of rotatable bonds is 4. The van der Waals surface area contributed by atoms with E-state index in [-0.39, 0.29) is 5.84 Å². The number of thioether (sulfide) groups is 1. The summed E-state index contributed by atoms with van der Waals surface area (Å²) in [4.78, 5) is 18.7. The van der Waals surface area contributed by atoms with Crippen molar-refractivity contribution in [2.24, 2.45) is 16.1 Å². The van der Waals surface area contributed by atoms with Gasteiger partial charge < -0.3 is 25.6 Å². The average Bonchev–Trinajstić information content (AvgIpc) is 2.77. The van der Waals surface area contributed by atoms with Gasteiger partial charge in [0.25, 0.3) is 0 Å². The lowest BCUT2D eigenvalue weighted by Gasteiger charge is -2.35. The number of carbonyl (C=O) groups is 1. The van der Waals surface area contributed by atoms with Crippen LogP contribution in [0.5, 0.6) is 11.5 Å². The number of nitrogens with zero attached hydrogens (tertiary/aromatic N) is 1. The van der Waals surface area contributed by atoms with Crippen LogP contribution in [0.3, 0.4) is 0 Å². The van der Waals surface area contributed by atoms with Gasteiger partial charge in [0.05, 0.1) is 14.2 Å². The van der Waals surface area contributed by atoms with Gasteiger partial charge in [-0.25, -0.2) is 4.99 Å². The van der Waals surface area contributed by atoms with Crippen LogP contribution < -0.4 is 20.5 Å². The molecule has 4 N–H and O–H groups in total. The number of benzene rings is 2. The van der Waals surface area contributed by atoms with Crippen LogP contribution in [0, 0.1) is 5.41 Å². The molecule has 0 aromatic heterocycles. The number of nitrogens with two attached hydrogens (primary N) is 1. The number of methoxy groups -OCH3 is 2. The Balaban J connectivity index is 1.84. The predicted molar refractivity (Wildman–Crippen MR) is 118 cm³/mol. The van der Waals surface area contributed by atoms with Gasteiger partial charge in [0.15, 0.2) is 0 Å². The van der Waals surface area contributed by atoms with Crippen molar-refractivity contribution in [3.05, 3.63) is 71.8 Å². The van der Waals surface area contributed by atoms with Crippen LogP contribution in [0.25, 0.3) is 9.81 Å². The number of nitrogens with one attached hydrogen (secondary N) is 1. The summed E-state index contributed by atoms with van der Waals surface area (Å²) in [7, 11) is 3.22. The average molecular weight is 423 g/mol. The van der Waals surface area contributed by atoms with E-state index in [2.05, 4.69) is 10.3 Å². The quantitative estimate of drug-likeness (QED) is 0.698. The van der Waals surface area contributed by atoms with Gasteiger partial charge in [-0.05, 0) is 47.5 Å². The summed E-state index contributed by atoms with van der Waals surface area (Å²) >= 11 is 1.52. The largest absolute Gasteiger partial charge is 0.497 e. The first kappa shape index (κ1) is 20.1. The molecule has 0 saturated carbocycles. The molecule has 2 heterocycles. The van der Waals surface area contributed by atoms with Crippen LogP contribution in [-0.2, 0) is 4.79 Å². The van der Waals surface area contributed by atoms with Gasteiger partial charge in [0.2, 0.25) is 12.3 Å². The summed E-state index contributed by atoms with van der Waals surface area (Å²) in [5.74, 6) is 1.08. The molecular formula is C22H21N3O4S. The second-order valence-corrected chi connectivity index (χ2v) is 7.89. The SMILES string of the molecule is COc1ccc(C2=CC3(C=C(c4ccc(OC)cc4)S2)C(=O)NC(O)N=C3N)cc1. The molecule has 1 unspecified atom stereocenters. The molecule has 7 nitrogen and oxygen atoms in total. The van der Waals surface area contributed by atoms with Crippen LogP contribution in [-0.4, -0.2) is 37.4 Å². The van der Waals surface area contributed by atoms with E-state index >= 15 is 0 Å². The van der Waals surface area contributed by atoms with Gasteiger partial charge in [-0.3, -0.25) is 4.79 Å². The van der Waals surface area contributed by atoms with Crippen molar-refractivity contribution in [1.82, 2.24) is 5.32 Å². The Labute approximate surface area is 178 Å². The number of hydrogen-bond acceptors (Lipinski definition) is 7. The first-order valence-electron chi connectivity index (χ1n) is 9.20. The van der Waals surface area contributed by atoms with E-state index in [9.17, 15) is 9.90 Å². The fraction of sp³-hybridized carbons (Fsp3) is 0.182. The number of aliphatic hydroxyl groups excluding tert-OH is 1. The third kappa shape index (κ3) is 3.55. The number of amidine groups is 1. The maximum Gasteiger partial charge on any atom is 0.245 e. The van der Waals surface area contributed by atoms with Gasteiger partial charge in [-0.1, -0.05) is 36.0 Å². The zero-order valence-corrected chi connectivity index (χ0v) is 17.3. The van der Waals surface area contributed by atoms with E-state index in [0.29, 0.717) is 0 Å². The van der Waals surface area contributed by atoms with E-state index in [4.69, 9.17) is 15.2 Å². The number of amides is 1. The highest BCUT2D eigenvalue weighted by Crippen LogP contribution is 2.49. The lowest BCUT2D eigenvalue weighted by molar-refractivity contribution is -0.128. The summed E-state index contributed by atoms with van der Waals surface area (Å²) in [6.45, 7) is 0. The standard InChI is InChI=1S/C22H21N3O4S/c1-28-15-7-3-13(4-8-15)17-11-22(19(23)24-21(27)25-20(22)26)12-18(30-17)14-5-9-16(29-2)10-6-14/h3-12,21,27H,1-2H3,(H2,23,24)(H,25,26). The van der Waals surface area contributed by atoms with E-state index in [1.165, 1.54) is 11.8 Å². The van der Waals surface area contributed by atoms with Crippen molar-refractivity contribution < 1.29 is 19.4 Å². The van der Waals surface area contributed by atoms with Crippen molar-refractivity contribution >= 4 is 33.3 Å². The minimum atomic E-state index is -1.35. The fourth-order valence-electron chi connectivity index (χ4n) is 3.33. The maximum atomic E-state index is 13.0. The molecule has 0 radical (unpaired) electrons. The first-order chi connectivity index (χ1) is 14.4. The van der Waals surface area contributed by atoms with Crippen LogP contribution in [0.15, 0.2) is 65.7 Å². The third-order valence-corrected chi connectivity index (χ3v) is 6.15. The number of aliphatic hydroxyl groups is 1. The van der Waals surface area contributed by atoms with Crippen LogP contribution in [0.1, 0.15) is 11.1 Å². The smallest absolute Gasteiger partial charge is 0.245 e. The van der Waals surface area contributed by atoms with Crippen molar-refractivity contribution in [1.29, 1.82) is 0 Å². The zero-order chi connectivity index (χ0) is 21.3. The highest BCUT2D eigenvalue weighted by molar-refractivity contribution is 8.16. The highest BCUT2D eigenvalue weighted by atomic mass is 32.2. The third-order valence-electron chi connectivity index (χ3n) is 5.01. The number of carbonyl (C=O) groups excluding carboxylic acids is 1. The minimum absolute atomic E-state index is 0.0380. The van der Waals surface area contributed by atoms with Crippen LogP contribution >= 0.6 is 11.8 Å². The maximum absolute atomic E-state index is 13.0. The summed E-state index contributed by atoms with van der Waals surface area (Å²) in [6, 6.07) is 15.1. The molecule has 2 aliphatic heterocycles. The molecule has 1 amide bonds. The lowest BCUT2D eigenvalue weighted by Crippen LogP contribution is -2.55. The van der Waals surface area contributed by atoms with Crippen molar-refractivity contribution in [3.63, 3.8) is 0 Å². The molecule has 2 aromatic rings. The number of hydrogen-bond donors (Lipinski definition) is 3. The number of aliphatic imine (C=N–C) groups is 1. The predicted octanol–water partition coefficient (Wildman–Crippen LogP) is 2.58. The molecule has 0 saturated heterocycles. The van der Waals surface area contributed by atoms with E-state index in [1.54, 1.807) is 26.4 Å². The second kappa shape index (κ2) is 7.89. The Morgan fingerprint density at radius 1 is 0.967 bits per heavy atom. The van der Waals surface area contributed by atoms with E-state index in [0.717, 1.165) is 32.4 Å². The second-order valence-electron chi connectivity index (χ2n) is 6.81. The van der Waals surface area contributed by atoms with Gasteiger partial charge in [-0.15, -0.1) is 0 Å². The summed E-state index contributed by atoms with van der Waals surface area (Å²) in [5.41, 5.74) is 6.71. The Bertz CT molecular complexity index is 995. The molecule has 0 bridgehead atoms.